The van der Waals surface area contributed by atoms with E-state index in [1.165, 1.54) is 4.57 Å². The van der Waals surface area contributed by atoms with Crippen molar-refractivity contribution in [2.45, 2.75) is 0 Å². The molecule has 0 saturated carbocycles. The van der Waals surface area contributed by atoms with Crippen LogP contribution in [-0.2, 0) is 0 Å². The predicted octanol–water partition coefficient (Wildman–Crippen LogP) is -0.464. The lowest BCUT2D eigenvalue weighted by molar-refractivity contribution is 0.331. The van der Waals surface area contributed by atoms with Crippen LogP contribution in [0, 0.1) is 5.41 Å². The number of rotatable bonds is 0. The Morgan fingerprint density at radius 1 is 1.70 bits per heavy atom. The molecule has 4 nitrogen and oxygen atoms in total. The van der Waals surface area contributed by atoms with E-state index in [0.29, 0.717) is 5.65 Å². The molecule has 0 saturated heterocycles. The Bertz CT molecular complexity index is 453. The van der Waals surface area contributed by atoms with Gasteiger partial charge < -0.3 is 4.52 Å². The maximum Gasteiger partial charge on any atom is 0.338 e. The third-order valence-electron chi connectivity index (χ3n) is 1.30. The molecule has 10 heavy (non-hydrogen) atoms. The number of fused-ring (bicyclic) bond motifs is 1. The summed E-state index contributed by atoms with van der Waals surface area (Å²) in [4.78, 5) is 3.77. The number of hydrogen-bond donors (Lipinski definition) is 1. The van der Waals surface area contributed by atoms with Gasteiger partial charge in [-0.1, -0.05) is 6.58 Å². The van der Waals surface area contributed by atoms with Crippen LogP contribution < -0.4 is 10.9 Å². The average Bonchev–Trinajstić information content (AvgIpc) is 2.35. The minimum Gasteiger partial charge on any atom is -0.332 e. The molecule has 2 rings (SSSR count). The molecule has 2 aromatic rings. The molecule has 0 amide bonds. The second-order valence-electron chi connectivity index (χ2n) is 2.00. The van der Waals surface area contributed by atoms with E-state index < -0.39 is 0 Å². The molecule has 0 aliphatic carbocycles. The highest BCUT2D eigenvalue weighted by atomic mass is 16.5. The Kier molecular flexibility index (Phi) is 0.768. The first-order valence-corrected chi connectivity index (χ1v) is 2.79. The lowest BCUT2D eigenvalue weighted by Crippen LogP contribution is -1.99. The Hall–Kier alpha value is -1.58. The van der Waals surface area contributed by atoms with Gasteiger partial charge in [0.15, 0.2) is 5.65 Å². The van der Waals surface area contributed by atoms with Crippen molar-refractivity contribution in [2.75, 3.05) is 0 Å². The number of aromatic nitrogens is 2. The fourth-order valence-electron chi connectivity index (χ4n) is 0.849. The minimum absolute atomic E-state index is 0.0829. The second kappa shape index (κ2) is 1.47. The quantitative estimate of drug-likeness (QED) is 0.531. The van der Waals surface area contributed by atoms with Crippen LogP contribution >= 0.6 is 0 Å². The van der Waals surface area contributed by atoms with Gasteiger partial charge in [0.1, 0.15) is 0 Å². The maximum absolute atomic E-state index is 7.01. The van der Waals surface area contributed by atoms with Gasteiger partial charge in [-0.05, 0) is 6.07 Å². The molecule has 50 valence electrons. The number of nitrogens with zero attached hydrogens (tertiary/aromatic N) is 2. The summed E-state index contributed by atoms with van der Waals surface area (Å²) in [5, 5.41) is 7.79. The lowest BCUT2D eigenvalue weighted by atomic mass is 10.5. The Balaban J connectivity index is 3.18. The minimum atomic E-state index is -0.0829. The van der Waals surface area contributed by atoms with E-state index in [1.807, 2.05) is 0 Å². The van der Waals surface area contributed by atoms with E-state index in [0.717, 1.165) is 5.22 Å². The number of nitrogens with one attached hydrogen (secondary N) is 1. The van der Waals surface area contributed by atoms with Crippen molar-refractivity contribution < 1.29 is 4.52 Å². The van der Waals surface area contributed by atoms with Gasteiger partial charge in [-0.15, -0.1) is 0 Å². The third kappa shape index (κ3) is 0.500. The molecule has 0 atom stereocenters. The van der Waals surface area contributed by atoms with E-state index in [4.69, 9.17) is 9.93 Å². The Labute approximate surface area is 55.9 Å². The fraction of sp³-hybridized carbons (Fsp3) is 0. The van der Waals surface area contributed by atoms with Gasteiger partial charge in [0, 0.05) is 11.4 Å². The van der Waals surface area contributed by atoms with Crippen LogP contribution in [0.3, 0.4) is 0 Å². The van der Waals surface area contributed by atoms with Crippen LogP contribution in [0.5, 0.6) is 0 Å². The molecule has 2 aromatic heterocycles. The summed E-state index contributed by atoms with van der Waals surface area (Å²) in [5.41, 5.74) is 0.533. The van der Waals surface area contributed by atoms with E-state index in [1.54, 1.807) is 12.3 Å². The monoisotopic (exact) mass is 135 g/mol. The van der Waals surface area contributed by atoms with Gasteiger partial charge in [0.25, 0.3) is 0 Å². The molecular weight excluding hydrogens is 130 g/mol. The molecule has 0 radical (unpaired) electrons. The Morgan fingerprint density at radius 2 is 2.50 bits per heavy atom. The highest BCUT2D eigenvalue weighted by Crippen LogP contribution is 1.87. The standard InChI is InChI=1S/C6H5N3O/c1-4-2-3-9-5(4)8-6(7)10-9/h2-3,7H,1H2. The van der Waals surface area contributed by atoms with Crippen LogP contribution in [0.1, 0.15) is 0 Å². The molecule has 0 fully saturated rings. The third-order valence-corrected chi connectivity index (χ3v) is 1.30. The molecular formula is C6H5N3O. The molecule has 2 heterocycles. The summed E-state index contributed by atoms with van der Waals surface area (Å²) in [6.45, 7) is 3.70. The van der Waals surface area contributed by atoms with Gasteiger partial charge >= 0.3 is 5.68 Å². The van der Waals surface area contributed by atoms with Gasteiger partial charge in [-0.3, -0.25) is 0 Å². The molecule has 1 N–H and O–H groups in total. The molecule has 4 heteroatoms. The second-order valence-corrected chi connectivity index (χ2v) is 2.00. The smallest absolute Gasteiger partial charge is 0.332 e. The summed E-state index contributed by atoms with van der Waals surface area (Å²) in [6, 6.07) is 1.78. The molecule has 0 spiro atoms. The zero-order valence-corrected chi connectivity index (χ0v) is 5.16. The highest BCUT2D eigenvalue weighted by Gasteiger charge is 1.97. The van der Waals surface area contributed by atoms with Gasteiger partial charge in [0.2, 0.25) is 0 Å². The van der Waals surface area contributed by atoms with Crippen LogP contribution in [0.15, 0.2) is 16.8 Å². The molecule has 0 aromatic carbocycles. The SMILES string of the molecule is C=c1ccn2oc(=N)nc12. The van der Waals surface area contributed by atoms with Gasteiger partial charge in [-0.2, -0.15) is 9.56 Å². The number of hydrogen-bond acceptors (Lipinski definition) is 3. The largest absolute Gasteiger partial charge is 0.338 e. The molecule has 0 aliphatic heterocycles. The lowest BCUT2D eigenvalue weighted by Gasteiger charge is -1.72. The van der Waals surface area contributed by atoms with Crippen LogP contribution in [0.25, 0.3) is 12.2 Å². The molecule has 0 unspecified atom stereocenters. The topological polar surface area (TPSA) is 54.3 Å². The normalized spacial score (nSPS) is 10.8. The van der Waals surface area contributed by atoms with Crippen molar-refractivity contribution >= 4 is 12.2 Å². The maximum atomic E-state index is 7.01. The van der Waals surface area contributed by atoms with Crippen LogP contribution in [-0.4, -0.2) is 9.56 Å². The van der Waals surface area contributed by atoms with Crippen molar-refractivity contribution in [3.05, 3.63) is 23.2 Å². The van der Waals surface area contributed by atoms with E-state index in [2.05, 4.69) is 11.6 Å². The fourth-order valence-corrected chi connectivity index (χ4v) is 0.849. The summed E-state index contributed by atoms with van der Waals surface area (Å²) < 4.78 is 6.24. The van der Waals surface area contributed by atoms with Crippen molar-refractivity contribution in [3.8, 4) is 0 Å². The van der Waals surface area contributed by atoms with Crippen LogP contribution in [0.4, 0.5) is 0 Å². The zero-order chi connectivity index (χ0) is 7.14. The molecule has 0 aliphatic rings. The summed E-state index contributed by atoms with van der Waals surface area (Å²) in [7, 11) is 0. The van der Waals surface area contributed by atoms with Gasteiger partial charge in [-0.25, -0.2) is 5.41 Å². The average molecular weight is 135 g/mol. The first-order chi connectivity index (χ1) is 4.77. The van der Waals surface area contributed by atoms with E-state index in [9.17, 15) is 0 Å². The van der Waals surface area contributed by atoms with Crippen molar-refractivity contribution in [1.82, 2.24) is 9.56 Å². The predicted molar refractivity (Wildman–Crippen MR) is 34.1 cm³/mol. The van der Waals surface area contributed by atoms with Gasteiger partial charge in [0.05, 0.1) is 0 Å². The molecule has 0 bridgehead atoms. The summed E-state index contributed by atoms with van der Waals surface area (Å²) in [6.07, 6.45) is 1.68. The highest BCUT2D eigenvalue weighted by molar-refractivity contribution is 5.39. The van der Waals surface area contributed by atoms with Crippen molar-refractivity contribution in [2.24, 2.45) is 0 Å². The summed E-state index contributed by atoms with van der Waals surface area (Å²) >= 11 is 0. The Morgan fingerprint density at radius 3 is 3.20 bits per heavy atom. The van der Waals surface area contributed by atoms with E-state index in [-0.39, 0.29) is 5.68 Å². The van der Waals surface area contributed by atoms with Crippen LogP contribution in [0.2, 0.25) is 0 Å². The summed E-state index contributed by atoms with van der Waals surface area (Å²) in [5.74, 6) is 0. The zero-order valence-electron chi connectivity index (χ0n) is 5.16. The van der Waals surface area contributed by atoms with E-state index >= 15 is 0 Å². The van der Waals surface area contributed by atoms with Crippen molar-refractivity contribution in [3.63, 3.8) is 0 Å². The first kappa shape index (κ1) is 5.22. The van der Waals surface area contributed by atoms with Crippen molar-refractivity contribution in [1.29, 1.82) is 5.41 Å². The first-order valence-electron chi connectivity index (χ1n) is 2.79.